The van der Waals surface area contributed by atoms with Crippen molar-refractivity contribution in [2.24, 2.45) is 0 Å². The molecule has 2 aromatic rings. The van der Waals surface area contributed by atoms with E-state index >= 15 is 0 Å². The van der Waals surface area contributed by atoms with E-state index in [0.717, 1.165) is 24.7 Å². The summed E-state index contributed by atoms with van der Waals surface area (Å²) in [6.07, 6.45) is 4.85. The monoisotopic (exact) mass is 396 g/mol. The topological polar surface area (TPSA) is 34.2 Å². The Balaban J connectivity index is 0.000000501. The summed E-state index contributed by atoms with van der Waals surface area (Å²) in [5, 5.41) is 4.54. The van der Waals surface area contributed by atoms with Crippen molar-refractivity contribution in [2.45, 2.75) is 51.6 Å². The summed E-state index contributed by atoms with van der Waals surface area (Å²) in [4.78, 5) is 4.12. The molecule has 5 heteroatoms. The van der Waals surface area contributed by atoms with Gasteiger partial charge < -0.3 is 10.1 Å². The fourth-order valence-corrected chi connectivity index (χ4v) is 3.53. The quantitative estimate of drug-likeness (QED) is 0.708. The van der Waals surface area contributed by atoms with Crippen molar-refractivity contribution in [1.82, 2.24) is 10.3 Å². The van der Waals surface area contributed by atoms with Crippen LogP contribution in [0.25, 0.3) is 0 Å². The smallest absolute Gasteiger partial charge is 0.0437 e. The number of ether oxygens (including phenoxy) is 1. The Morgan fingerprint density at radius 2 is 1.62 bits per heavy atom. The molecule has 2 unspecified atom stereocenters. The fourth-order valence-electron chi connectivity index (χ4n) is 3.41. The number of pyridine rings is 1. The molecule has 1 fully saturated rings. The zero-order valence-electron chi connectivity index (χ0n) is 16.0. The van der Waals surface area contributed by atoms with E-state index < -0.39 is 0 Å². The average molecular weight is 397 g/mol. The fraction of sp³-hybridized carbons (Fsp3) is 0.476. The molecule has 3 rings (SSSR count). The van der Waals surface area contributed by atoms with E-state index in [1.807, 2.05) is 38.4 Å². The second-order valence-corrected chi connectivity index (χ2v) is 7.26. The Bertz CT molecular complexity index is 630. The molecule has 1 N–H and O–H groups in total. The van der Waals surface area contributed by atoms with Crippen molar-refractivity contribution >= 4 is 24.0 Å². The lowest BCUT2D eigenvalue weighted by molar-refractivity contribution is 0.162. The molecule has 1 aromatic carbocycles. The molecule has 1 saturated heterocycles. The zero-order valence-corrected chi connectivity index (χ0v) is 17.6. The third-order valence-electron chi connectivity index (χ3n) is 4.68. The van der Waals surface area contributed by atoms with Gasteiger partial charge in [-0.3, -0.25) is 4.98 Å². The molecule has 0 spiro atoms. The first-order valence-electron chi connectivity index (χ1n) is 8.98. The van der Waals surface area contributed by atoms with Gasteiger partial charge in [0, 0.05) is 48.1 Å². The summed E-state index contributed by atoms with van der Waals surface area (Å²) >= 11 is 5.97. The van der Waals surface area contributed by atoms with Crippen LogP contribution in [0.1, 0.15) is 57.2 Å². The number of halogens is 2. The van der Waals surface area contributed by atoms with Crippen LogP contribution < -0.4 is 5.32 Å². The van der Waals surface area contributed by atoms with Gasteiger partial charge in [-0.25, -0.2) is 0 Å². The van der Waals surface area contributed by atoms with Crippen molar-refractivity contribution in [2.75, 3.05) is 13.2 Å². The van der Waals surface area contributed by atoms with Crippen molar-refractivity contribution in [3.63, 3.8) is 0 Å². The summed E-state index contributed by atoms with van der Waals surface area (Å²) in [6, 6.07) is 12.8. The molecule has 144 valence electrons. The molecule has 1 aliphatic rings. The first-order valence-corrected chi connectivity index (χ1v) is 9.36. The maximum atomic E-state index is 5.97. The molecule has 3 nitrogen and oxygen atoms in total. The number of benzene rings is 1. The van der Waals surface area contributed by atoms with Gasteiger partial charge in [-0.15, -0.1) is 12.4 Å². The highest BCUT2D eigenvalue weighted by atomic mass is 35.5. The van der Waals surface area contributed by atoms with Gasteiger partial charge in [0.1, 0.15) is 0 Å². The molecular formula is C21H30Cl2N2O. The maximum Gasteiger partial charge on any atom is 0.0437 e. The first kappa shape index (κ1) is 22.9. The number of nitrogens with zero attached hydrogens (tertiary/aromatic N) is 1. The van der Waals surface area contributed by atoms with Crippen LogP contribution in [0.4, 0.5) is 0 Å². The molecule has 26 heavy (non-hydrogen) atoms. The Hall–Kier alpha value is -1.13. The lowest BCUT2D eigenvalue weighted by Crippen LogP contribution is -2.37. The third kappa shape index (κ3) is 6.24. The second kappa shape index (κ2) is 10.9. The Labute approximate surface area is 168 Å². The highest BCUT2D eigenvalue weighted by Gasteiger charge is 2.40. The molecule has 1 aromatic heterocycles. The molecule has 2 atom stereocenters. The molecule has 0 saturated carbocycles. The van der Waals surface area contributed by atoms with E-state index in [-0.39, 0.29) is 17.9 Å². The standard InChI is InChI=1S/C17H19ClN2.C4H10O.ClH/c1-17(2)15(12-7-9-19-10-8-12)11-16(20-17)13-3-5-14(18)6-4-13;1-3-5-4-2;/h3-10,15-16,20H,11H2,1-2H3;3-4H2,1-2H3;1H. The van der Waals surface area contributed by atoms with Gasteiger partial charge in [-0.1, -0.05) is 23.7 Å². The Morgan fingerprint density at radius 1 is 1.04 bits per heavy atom. The number of aromatic nitrogens is 1. The van der Waals surface area contributed by atoms with Gasteiger partial charge in [0.25, 0.3) is 0 Å². The maximum absolute atomic E-state index is 5.97. The van der Waals surface area contributed by atoms with Crippen LogP contribution in [0.3, 0.4) is 0 Å². The molecule has 0 radical (unpaired) electrons. The number of hydrogen-bond acceptors (Lipinski definition) is 3. The van der Waals surface area contributed by atoms with Crippen molar-refractivity contribution in [3.8, 4) is 0 Å². The van der Waals surface area contributed by atoms with Gasteiger partial charge in [-0.2, -0.15) is 0 Å². The van der Waals surface area contributed by atoms with Crippen LogP contribution in [0, 0.1) is 0 Å². The lowest BCUT2D eigenvalue weighted by atomic mass is 9.83. The molecule has 1 aliphatic heterocycles. The summed E-state index contributed by atoms with van der Waals surface area (Å²) in [5.41, 5.74) is 2.74. The summed E-state index contributed by atoms with van der Waals surface area (Å²) in [6.45, 7) is 10.2. The van der Waals surface area contributed by atoms with Crippen molar-refractivity contribution in [3.05, 3.63) is 64.9 Å². The van der Waals surface area contributed by atoms with Gasteiger partial charge in [0.15, 0.2) is 0 Å². The minimum absolute atomic E-state index is 0. The molecule has 0 aliphatic carbocycles. The molecule has 0 amide bonds. The van der Waals surface area contributed by atoms with Gasteiger partial charge in [0.2, 0.25) is 0 Å². The Morgan fingerprint density at radius 3 is 2.12 bits per heavy atom. The van der Waals surface area contributed by atoms with Crippen molar-refractivity contribution in [1.29, 1.82) is 0 Å². The predicted octanol–water partition coefficient (Wildman–Crippen LogP) is 5.80. The first-order chi connectivity index (χ1) is 12.0. The lowest BCUT2D eigenvalue weighted by Gasteiger charge is -2.27. The van der Waals surface area contributed by atoms with E-state index in [9.17, 15) is 0 Å². The van der Waals surface area contributed by atoms with Gasteiger partial charge in [0.05, 0.1) is 0 Å². The van der Waals surface area contributed by atoms with Crippen LogP contribution in [-0.2, 0) is 4.74 Å². The Kier molecular flexibility index (Phi) is 9.59. The van der Waals surface area contributed by atoms with Crippen LogP contribution in [-0.4, -0.2) is 23.7 Å². The van der Waals surface area contributed by atoms with Gasteiger partial charge >= 0.3 is 0 Å². The number of rotatable bonds is 4. The second-order valence-electron chi connectivity index (χ2n) is 6.82. The van der Waals surface area contributed by atoms with Crippen LogP contribution in [0.2, 0.25) is 5.02 Å². The molecule has 0 bridgehead atoms. The third-order valence-corrected chi connectivity index (χ3v) is 4.93. The minimum Gasteiger partial charge on any atom is -0.382 e. The average Bonchev–Trinajstić information content (AvgIpc) is 2.93. The molecular weight excluding hydrogens is 367 g/mol. The van der Waals surface area contributed by atoms with Crippen molar-refractivity contribution < 1.29 is 4.74 Å². The highest BCUT2D eigenvalue weighted by molar-refractivity contribution is 6.30. The van der Waals surface area contributed by atoms with Crippen LogP contribution >= 0.6 is 24.0 Å². The molecule has 2 heterocycles. The normalized spacial score (nSPS) is 20.7. The number of hydrogen-bond donors (Lipinski definition) is 1. The van der Waals surface area contributed by atoms with E-state index in [1.165, 1.54) is 11.1 Å². The summed E-state index contributed by atoms with van der Waals surface area (Å²) < 4.78 is 4.83. The van der Waals surface area contributed by atoms with E-state index in [4.69, 9.17) is 16.3 Å². The highest BCUT2D eigenvalue weighted by Crippen LogP contribution is 2.43. The summed E-state index contributed by atoms with van der Waals surface area (Å²) in [5.74, 6) is 0.492. The van der Waals surface area contributed by atoms with E-state index in [2.05, 4.69) is 48.4 Å². The van der Waals surface area contributed by atoms with Crippen LogP contribution in [0.15, 0.2) is 48.8 Å². The van der Waals surface area contributed by atoms with Crippen LogP contribution in [0.5, 0.6) is 0 Å². The van der Waals surface area contributed by atoms with Gasteiger partial charge in [-0.05, 0) is 69.5 Å². The zero-order chi connectivity index (χ0) is 18.3. The SMILES string of the molecule is CC1(C)NC(c2ccc(Cl)cc2)CC1c1ccncc1.CCOCC.Cl. The van der Waals surface area contributed by atoms with E-state index in [0.29, 0.717) is 12.0 Å². The van der Waals surface area contributed by atoms with E-state index in [1.54, 1.807) is 0 Å². The minimum atomic E-state index is 0. The summed E-state index contributed by atoms with van der Waals surface area (Å²) in [7, 11) is 0. The number of nitrogens with one attached hydrogen (secondary N) is 1. The largest absolute Gasteiger partial charge is 0.382 e. The predicted molar refractivity (Wildman–Crippen MR) is 112 cm³/mol.